The smallest absolute Gasteiger partial charge is 0.133 e. The van der Waals surface area contributed by atoms with Crippen molar-refractivity contribution in [2.75, 3.05) is 5.73 Å². The minimum atomic E-state index is 0.572. The first kappa shape index (κ1) is 20.7. The van der Waals surface area contributed by atoms with Gasteiger partial charge in [-0.25, -0.2) is 4.98 Å². The first-order valence-corrected chi connectivity index (χ1v) is 10.8. The predicted octanol–water partition coefficient (Wildman–Crippen LogP) is 7.42. The van der Waals surface area contributed by atoms with Gasteiger partial charge in [0.05, 0.1) is 10.7 Å². The van der Waals surface area contributed by atoms with Gasteiger partial charge in [-0.15, -0.1) is 0 Å². The average Bonchev–Trinajstić information content (AvgIpc) is 3.11. The Morgan fingerprint density at radius 3 is 2.37 bits per heavy atom. The molecule has 4 rings (SSSR count). The minimum Gasteiger partial charge on any atom is -0.399 e. The van der Waals surface area contributed by atoms with Crippen LogP contribution in [-0.4, -0.2) is 9.55 Å². The number of anilines is 1. The van der Waals surface area contributed by atoms with Gasteiger partial charge in [-0.1, -0.05) is 69.5 Å². The van der Waals surface area contributed by atoms with Gasteiger partial charge in [0.2, 0.25) is 0 Å². The number of nitrogens with zero attached hydrogens (tertiary/aromatic N) is 2. The zero-order chi connectivity index (χ0) is 21.1. The molecule has 6 heteroatoms. The lowest BCUT2D eigenvalue weighted by Gasteiger charge is -2.06. The molecule has 3 aromatic carbocycles. The Morgan fingerprint density at radius 1 is 0.933 bits per heavy atom. The maximum absolute atomic E-state index is 6.42. The third kappa shape index (κ3) is 4.96. The van der Waals surface area contributed by atoms with Crippen LogP contribution in [0.1, 0.15) is 17.0 Å². The van der Waals surface area contributed by atoms with Gasteiger partial charge in [-0.2, -0.15) is 0 Å². The summed E-state index contributed by atoms with van der Waals surface area (Å²) < 4.78 is 3.14. The topological polar surface area (TPSA) is 43.8 Å². The van der Waals surface area contributed by atoms with Crippen LogP contribution in [-0.2, 0) is 6.54 Å². The van der Waals surface area contributed by atoms with Gasteiger partial charge in [-0.3, -0.25) is 0 Å². The number of aromatic nitrogens is 2. The second-order valence-electron chi connectivity index (χ2n) is 6.86. The number of halogens is 3. The third-order valence-electron chi connectivity index (χ3n) is 4.64. The van der Waals surface area contributed by atoms with Gasteiger partial charge >= 0.3 is 0 Å². The second kappa shape index (κ2) is 9.09. The van der Waals surface area contributed by atoms with E-state index in [9.17, 15) is 0 Å². The zero-order valence-electron chi connectivity index (χ0n) is 15.9. The van der Waals surface area contributed by atoms with E-state index < -0.39 is 0 Å². The predicted molar refractivity (Wildman–Crippen MR) is 131 cm³/mol. The molecular formula is C24H18BrCl2N3. The highest BCUT2D eigenvalue weighted by molar-refractivity contribution is 9.10. The van der Waals surface area contributed by atoms with E-state index in [2.05, 4.69) is 20.5 Å². The normalized spacial score (nSPS) is 11.3. The monoisotopic (exact) mass is 497 g/mol. The van der Waals surface area contributed by atoms with Gasteiger partial charge in [0, 0.05) is 33.5 Å². The van der Waals surface area contributed by atoms with E-state index in [1.807, 2.05) is 79.0 Å². The summed E-state index contributed by atoms with van der Waals surface area (Å²) in [5.74, 6) is 0.829. The molecule has 2 N–H and O–H groups in total. The standard InChI is InChI=1S/C24H18BrCl2N3/c25-18-6-1-16(2-7-18)5-12-24-29-23(21-11-8-19(26)13-22(21)27)15-30(24)14-17-3-9-20(28)10-4-17/h1-13,15H,14,28H2. The number of benzene rings is 3. The lowest BCUT2D eigenvalue weighted by molar-refractivity contribution is 0.787. The van der Waals surface area contributed by atoms with E-state index in [0.717, 1.165) is 38.4 Å². The van der Waals surface area contributed by atoms with Crippen molar-refractivity contribution in [2.45, 2.75) is 6.54 Å². The Hall–Kier alpha value is -2.53. The molecular weight excluding hydrogens is 481 g/mol. The molecule has 150 valence electrons. The van der Waals surface area contributed by atoms with Crippen molar-refractivity contribution in [3.05, 3.63) is 104 Å². The average molecular weight is 499 g/mol. The van der Waals surface area contributed by atoms with Crippen molar-refractivity contribution in [3.8, 4) is 11.3 Å². The van der Waals surface area contributed by atoms with Crippen LogP contribution < -0.4 is 5.73 Å². The number of nitrogens with two attached hydrogens (primary N) is 1. The summed E-state index contributed by atoms with van der Waals surface area (Å²) in [5, 5.41) is 1.17. The molecule has 0 unspecified atom stereocenters. The van der Waals surface area contributed by atoms with E-state index in [-0.39, 0.29) is 0 Å². The molecule has 0 saturated carbocycles. The van der Waals surface area contributed by atoms with Crippen LogP contribution in [0.5, 0.6) is 0 Å². The van der Waals surface area contributed by atoms with Crippen molar-refractivity contribution in [3.63, 3.8) is 0 Å². The summed E-state index contributed by atoms with van der Waals surface area (Å²) in [6, 6.07) is 21.4. The van der Waals surface area contributed by atoms with Crippen molar-refractivity contribution in [1.82, 2.24) is 9.55 Å². The summed E-state index contributed by atoms with van der Waals surface area (Å²) in [6.07, 6.45) is 6.06. The van der Waals surface area contributed by atoms with Crippen LogP contribution in [0.15, 0.2) is 77.4 Å². The highest BCUT2D eigenvalue weighted by atomic mass is 79.9. The fraction of sp³-hybridized carbons (Fsp3) is 0.0417. The molecule has 0 aliphatic heterocycles. The first-order valence-electron chi connectivity index (χ1n) is 9.28. The number of nitrogen functional groups attached to an aromatic ring is 1. The van der Waals surface area contributed by atoms with E-state index in [1.54, 1.807) is 6.07 Å². The van der Waals surface area contributed by atoms with Gasteiger partial charge in [-0.05, 0) is 59.7 Å². The molecule has 1 heterocycles. The Labute approximate surface area is 193 Å². The molecule has 30 heavy (non-hydrogen) atoms. The van der Waals surface area contributed by atoms with Crippen LogP contribution in [0.4, 0.5) is 5.69 Å². The zero-order valence-corrected chi connectivity index (χ0v) is 19.0. The quantitative estimate of drug-likeness (QED) is 0.291. The molecule has 0 aliphatic carbocycles. The molecule has 0 radical (unpaired) electrons. The third-order valence-corrected chi connectivity index (χ3v) is 5.72. The molecule has 1 aromatic heterocycles. The molecule has 0 spiro atoms. The molecule has 0 aliphatic rings. The van der Waals surface area contributed by atoms with Crippen molar-refractivity contribution in [1.29, 1.82) is 0 Å². The van der Waals surface area contributed by atoms with Gasteiger partial charge < -0.3 is 10.3 Å². The van der Waals surface area contributed by atoms with E-state index in [0.29, 0.717) is 16.6 Å². The minimum absolute atomic E-state index is 0.572. The number of hydrogen-bond donors (Lipinski definition) is 1. The maximum Gasteiger partial charge on any atom is 0.133 e. The summed E-state index contributed by atoms with van der Waals surface area (Å²) >= 11 is 15.9. The summed E-state index contributed by atoms with van der Waals surface area (Å²) in [4.78, 5) is 4.83. The number of rotatable bonds is 5. The van der Waals surface area contributed by atoms with Crippen molar-refractivity contribution >= 4 is 57.0 Å². The molecule has 0 fully saturated rings. The van der Waals surface area contributed by atoms with E-state index in [4.69, 9.17) is 33.9 Å². The lowest BCUT2D eigenvalue weighted by atomic mass is 10.2. The first-order chi connectivity index (χ1) is 14.5. The maximum atomic E-state index is 6.42. The van der Waals surface area contributed by atoms with Crippen LogP contribution in [0.3, 0.4) is 0 Å². The largest absolute Gasteiger partial charge is 0.399 e. The molecule has 0 saturated heterocycles. The molecule has 4 aromatic rings. The number of hydrogen-bond acceptors (Lipinski definition) is 2. The lowest BCUT2D eigenvalue weighted by Crippen LogP contribution is -2.01. The Kier molecular flexibility index (Phi) is 6.28. The van der Waals surface area contributed by atoms with E-state index >= 15 is 0 Å². The molecule has 0 amide bonds. The molecule has 3 nitrogen and oxygen atoms in total. The van der Waals surface area contributed by atoms with Crippen LogP contribution >= 0.6 is 39.1 Å². The summed E-state index contributed by atoms with van der Waals surface area (Å²) in [7, 11) is 0. The fourth-order valence-electron chi connectivity index (χ4n) is 3.08. The summed E-state index contributed by atoms with van der Waals surface area (Å²) in [5.41, 5.74) is 10.4. The van der Waals surface area contributed by atoms with Crippen molar-refractivity contribution < 1.29 is 0 Å². The highest BCUT2D eigenvalue weighted by Crippen LogP contribution is 2.30. The van der Waals surface area contributed by atoms with Gasteiger partial charge in [0.25, 0.3) is 0 Å². The fourth-order valence-corrected chi connectivity index (χ4v) is 3.85. The van der Waals surface area contributed by atoms with Gasteiger partial charge in [0.15, 0.2) is 0 Å². The highest BCUT2D eigenvalue weighted by Gasteiger charge is 2.12. The van der Waals surface area contributed by atoms with Gasteiger partial charge in [0.1, 0.15) is 5.82 Å². The van der Waals surface area contributed by atoms with Crippen LogP contribution in [0.25, 0.3) is 23.4 Å². The Balaban J connectivity index is 1.72. The Bertz CT molecular complexity index is 1200. The number of imidazole rings is 1. The Morgan fingerprint density at radius 2 is 1.67 bits per heavy atom. The SMILES string of the molecule is Nc1ccc(Cn2cc(-c3ccc(Cl)cc3Cl)nc2C=Cc2ccc(Br)cc2)cc1. The van der Waals surface area contributed by atoms with Crippen LogP contribution in [0, 0.1) is 0 Å². The molecule has 0 bridgehead atoms. The second-order valence-corrected chi connectivity index (χ2v) is 8.62. The summed E-state index contributed by atoms with van der Waals surface area (Å²) in [6.45, 7) is 0.665. The van der Waals surface area contributed by atoms with Crippen LogP contribution in [0.2, 0.25) is 10.0 Å². The van der Waals surface area contributed by atoms with Crippen molar-refractivity contribution in [2.24, 2.45) is 0 Å². The molecule has 0 atom stereocenters. The van der Waals surface area contributed by atoms with E-state index in [1.165, 1.54) is 0 Å².